The number of aliphatic hydroxyl groups excluding tert-OH is 1. The molecule has 0 spiro atoms. The molecular weight excluding hydrogens is 183 g/mol. The molecule has 0 amide bonds. The highest BCUT2D eigenvalue weighted by atomic mass is 19.1. The van der Waals surface area contributed by atoms with E-state index in [0.717, 1.165) is 0 Å². The Hall–Kier alpha value is -1.29. The highest BCUT2D eigenvalue weighted by Gasteiger charge is 2.00. The van der Waals surface area contributed by atoms with Crippen LogP contribution in [0.25, 0.3) is 0 Å². The molecule has 4 heteroatoms. The topological polar surface area (TPSA) is 58.3 Å². The van der Waals surface area contributed by atoms with Gasteiger partial charge in [0.05, 0.1) is 17.5 Å². The summed E-state index contributed by atoms with van der Waals surface area (Å²) in [6.07, 6.45) is 0.292. The van der Waals surface area contributed by atoms with Gasteiger partial charge in [0.25, 0.3) is 0 Å². The highest BCUT2D eigenvalue weighted by molar-refractivity contribution is 5.65. The van der Waals surface area contributed by atoms with Crippen molar-refractivity contribution in [3.8, 4) is 0 Å². The van der Waals surface area contributed by atoms with Gasteiger partial charge in [-0.15, -0.1) is 0 Å². The molecule has 3 nitrogen and oxygen atoms in total. The van der Waals surface area contributed by atoms with Gasteiger partial charge >= 0.3 is 0 Å². The molecule has 0 bridgehead atoms. The van der Waals surface area contributed by atoms with Crippen molar-refractivity contribution >= 4 is 11.4 Å². The van der Waals surface area contributed by atoms with Gasteiger partial charge in [0.2, 0.25) is 0 Å². The Kier molecular flexibility index (Phi) is 3.71. The van der Waals surface area contributed by atoms with Crippen LogP contribution in [0.1, 0.15) is 13.3 Å². The molecule has 0 heterocycles. The van der Waals surface area contributed by atoms with E-state index in [0.29, 0.717) is 24.3 Å². The van der Waals surface area contributed by atoms with E-state index in [1.165, 1.54) is 12.1 Å². The number of hydrogen-bond acceptors (Lipinski definition) is 3. The molecule has 78 valence electrons. The zero-order valence-corrected chi connectivity index (χ0v) is 8.13. The van der Waals surface area contributed by atoms with E-state index in [1.807, 2.05) is 0 Å². The lowest BCUT2D eigenvalue weighted by Gasteiger charge is -2.10. The molecule has 0 fully saturated rings. The third-order valence-electron chi connectivity index (χ3n) is 1.89. The largest absolute Gasteiger partial charge is 0.397 e. The predicted octanol–water partition coefficient (Wildman–Crippen LogP) is 1.59. The number of anilines is 2. The van der Waals surface area contributed by atoms with Crippen molar-refractivity contribution in [3.05, 3.63) is 24.0 Å². The molecule has 1 atom stereocenters. The quantitative estimate of drug-likeness (QED) is 0.644. The van der Waals surface area contributed by atoms with Crippen molar-refractivity contribution in [2.24, 2.45) is 0 Å². The highest BCUT2D eigenvalue weighted by Crippen LogP contribution is 2.18. The van der Waals surface area contributed by atoms with Gasteiger partial charge in [0.1, 0.15) is 5.82 Å². The van der Waals surface area contributed by atoms with E-state index in [4.69, 9.17) is 10.8 Å². The summed E-state index contributed by atoms with van der Waals surface area (Å²) in [5.41, 5.74) is 6.66. The molecule has 0 aromatic heterocycles. The van der Waals surface area contributed by atoms with Crippen LogP contribution < -0.4 is 11.1 Å². The van der Waals surface area contributed by atoms with Crippen LogP contribution in [-0.2, 0) is 0 Å². The Balaban J connectivity index is 2.51. The SMILES string of the molecule is CC(O)CCNc1ccc(F)cc1N. The molecule has 0 saturated heterocycles. The zero-order valence-electron chi connectivity index (χ0n) is 8.13. The van der Waals surface area contributed by atoms with E-state index >= 15 is 0 Å². The van der Waals surface area contributed by atoms with Crippen LogP contribution in [0.5, 0.6) is 0 Å². The minimum Gasteiger partial charge on any atom is -0.397 e. The van der Waals surface area contributed by atoms with Crippen molar-refractivity contribution in [3.63, 3.8) is 0 Å². The summed E-state index contributed by atoms with van der Waals surface area (Å²) in [4.78, 5) is 0. The lowest BCUT2D eigenvalue weighted by molar-refractivity contribution is 0.189. The number of hydrogen-bond donors (Lipinski definition) is 3. The van der Waals surface area contributed by atoms with Crippen LogP contribution in [-0.4, -0.2) is 17.8 Å². The van der Waals surface area contributed by atoms with Crippen LogP contribution in [0, 0.1) is 5.82 Å². The number of benzene rings is 1. The third kappa shape index (κ3) is 3.22. The monoisotopic (exact) mass is 198 g/mol. The Morgan fingerprint density at radius 2 is 2.29 bits per heavy atom. The van der Waals surface area contributed by atoms with Gasteiger partial charge in [-0.3, -0.25) is 0 Å². The fourth-order valence-corrected chi connectivity index (χ4v) is 1.11. The maximum atomic E-state index is 12.7. The van der Waals surface area contributed by atoms with Crippen molar-refractivity contribution in [2.75, 3.05) is 17.6 Å². The second kappa shape index (κ2) is 4.81. The minimum atomic E-state index is -0.344. The van der Waals surface area contributed by atoms with Gasteiger partial charge in [-0.05, 0) is 31.5 Å². The number of aliphatic hydroxyl groups is 1. The summed E-state index contributed by atoms with van der Waals surface area (Å²) < 4.78 is 12.7. The lowest BCUT2D eigenvalue weighted by atomic mass is 10.2. The molecule has 0 aliphatic rings. The molecule has 14 heavy (non-hydrogen) atoms. The van der Waals surface area contributed by atoms with Crippen molar-refractivity contribution in [1.82, 2.24) is 0 Å². The average Bonchev–Trinajstić information content (AvgIpc) is 2.08. The van der Waals surface area contributed by atoms with E-state index in [9.17, 15) is 4.39 Å². The maximum absolute atomic E-state index is 12.7. The van der Waals surface area contributed by atoms with Gasteiger partial charge < -0.3 is 16.2 Å². The van der Waals surface area contributed by atoms with Gasteiger partial charge in [-0.1, -0.05) is 0 Å². The first-order chi connectivity index (χ1) is 6.59. The summed E-state index contributed by atoms with van der Waals surface area (Å²) >= 11 is 0. The minimum absolute atomic E-state index is 0.343. The van der Waals surface area contributed by atoms with Crippen LogP contribution in [0.2, 0.25) is 0 Å². The Bertz CT molecular complexity index is 302. The molecule has 4 N–H and O–H groups in total. The lowest BCUT2D eigenvalue weighted by Crippen LogP contribution is -2.10. The molecule has 0 radical (unpaired) electrons. The Morgan fingerprint density at radius 3 is 2.86 bits per heavy atom. The predicted molar refractivity (Wildman–Crippen MR) is 55.6 cm³/mol. The number of nitrogens with two attached hydrogens (primary N) is 1. The third-order valence-corrected chi connectivity index (χ3v) is 1.89. The van der Waals surface area contributed by atoms with Gasteiger partial charge in [0, 0.05) is 6.54 Å². The Morgan fingerprint density at radius 1 is 1.57 bits per heavy atom. The van der Waals surface area contributed by atoms with Crippen LogP contribution in [0.15, 0.2) is 18.2 Å². The van der Waals surface area contributed by atoms with E-state index < -0.39 is 0 Å². The van der Waals surface area contributed by atoms with Crippen LogP contribution >= 0.6 is 0 Å². The van der Waals surface area contributed by atoms with E-state index in [1.54, 1.807) is 13.0 Å². The normalized spacial score (nSPS) is 12.5. The maximum Gasteiger partial charge on any atom is 0.125 e. The van der Waals surface area contributed by atoms with Crippen molar-refractivity contribution < 1.29 is 9.50 Å². The molecule has 1 aromatic rings. The summed E-state index contributed by atoms with van der Waals surface area (Å²) in [5, 5.41) is 12.0. The number of rotatable bonds is 4. The van der Waals surface area contributed by atoms with Gasteiger partial charge in [-0.2, -0.15) is 0 Å². The molecule has 1 aromatic carbocycles. The standard InChI is InChI=1S/C10H15FN2O/c1-7(14)4-5-13-10-3-2-8(11)6-9(10)12/h2-3,6-7,13-14H,4-5,12H2,1H3. The summed E-state index contributed by atoms with van der Waals surface area (Å²) in [6.45, 7) is 2.34. The molecule has 0 aliphatic heterocycles. The average molecular weight is 198 g/mol. The van der Waals surface area contributed by atoms with Crippen molar-refractivity contribution in [2.45, 2.75) is 19.4 Å². The number of halogens is 1. The Labute approximate surface area is 82.7 Å². The summed E-state index contributed by atoms with van der Waals surface area (Å²) in [5.74, 6) is -0.344. The van der Waals surface area contributed by atoms with Crippen LogP contribution in [0.4, 0.5) is 15.8 Å². The summed E-state index contributed by atoms with van der Waals surface area (Å²) in [6, 6.07) is 4.21. The zero-order chi connectivity index (χ0) is 10.6. The van der Waals surface area contributed by atoms with Crippen LogP contribution in [0.3, 0.4) is 0 Å². The smallest absolute Gasteiger partial charge is 0.125 e. The first-order valence-corrected chi connectivity index (χ1v) is 4.56. The number of nitrogen functional groups attached to an aromatic ring is 1. The first kappa shape index (κ1) is 10.8. The van der Waals surface area contributed by atoms with E-state index in [2.05, 4.69) is 5.32 Å². The second-order valence-electron chi connectivity index (χ2n) is 3.30. The number of nitrogens with one attached hydrogen (secondary N) is 1. The van der Waals surface area contributed by atoms with E-state index in [-0.39, 0.29) is 11.9 Å². The van der Waals surface area contributed by atoms with Crippen molar-refractivity contribution in [1.29, 1.82) is 0 Å². The summed E-state index contributed by atoms with van der Waals surface area (Å²) in [7, 11) is 0. The fraction of sp³-hybridized carbons (Fsp3) is 0.400. The fourth-order valence-electron chi connectivity index (χ4n) is 1.11. The van der Waals surface area contributed by atoms with Gasteiger partial charge in [0.15, 0.2) is 0 Å². The molecule has 0 aliphatic carbocycles. The second-order valence-corrected chi connectivity index (χ2v) is 3.30. The molecular formula is C10H15FN2O. The molecule has 0 saturated carbocycles. The first-order valence-electron chi connectivity index (χ1n) is 4.56. The molecule has 1 unspecified atom stereocenters. The molecule has 1 rings (SSSR count). The van der Waals surface area contributed by atoms with Gasteiger partial charge in [-0.25, -0.2) is 4.39 Å².